The van der Waals surface area contributed by atoms with E-state index in [4.69, 9.17) is 17.3 Å². The van der Waals surface area contributed by atoms with E-state index in [0.717, 1.165) is 6.54 Å². The van der Waals surface area contributed by atoms with Crippen molar-refractivity contribution in [1.29, 1.82) is 0 Å². The van der Waals surface area contributed by atoms with Crippen molar-refractivity contribution in [3.8, 4) is 0 Å². The van der Waals surface area contributed by atoms with E-state index in [-0.39, 0.29) is 11.7 Å². The molecule has 0 fully saturated rings. The molecule has 0 atom stereocenters. The summed E-state index contributed by atoms with van der Waals surface area (Å²) in [5.74, 6) is 0.0575. The first kappa shape index (κ1) is 16.7. The molecule has 3 N–H and O–H groups in total. The maximum Gasteiger partial charge on any atom is 0.253 e. The van der Waals surface area contributed by atoms with Gasteiger partial charge in [-0.25, -0.2) is 4.98 Å². The van der Waals surface area contributed by atoms with Crippen LogP contribution in [0.3, 0.4) is 0 Å². The number of rotatable bonds is 6. The zero-order valence-corrected chi connectivity index (χ0v) is 13.2. The van der Waals surface area contributed by atoms with E-state index >= 15 is 0 Å². The van der Waals surface area contributed by atoms with Crippen LogP contribution >= 0.6 is 11.6 Å². The molecule has 0 radical (unpaired) electrons. The van der Waals surface area contributed by atoms with E-state index in [1.165, 1.54) is 12.3 Å². The Kier molecular flexibility index (Phi) is 6.23. The summed E-state index contributed by atoms with van der Waals surface area (Å²) >= 11 is 5.94. The first-order chi connectivity index (χ1) is 9.32. The van der Waals surface area contributed by atoms with E-state index in [2.05, 4.69) is 42.9 Å². The highest BCUT2D eigenvalue weighted by Crippen LogP contribution is 2.16. The number of anilines is 1. The quantitative estimate of drug-likeness (QED) is 0.844. The lowest BCUT2D eigenvalue weighted by Crippen LogP contribution is -2.42. The molecule has 0 aliphatic heterocycles. The maximum absolute atomic E-state index is 12.0. The van der Waals surface area contributed by atoms with Gasteiger partial charge in [0.25, 0.3) is 5.91 Å². The Morgan fingerprint density at radius 3 is 2.55 bits per heavy atom. The summed E-state index contributed by atoms with van der Waals surface area (Å²) in [6, 6.07) is 2.36. The van der Waals surface area contributed by atoms with Crippen LogP contribution in [0.2, 0.25) is 5.02 Å². The van der Waals surface area contributed by atoms with E-state index in [1.807, 2.05) is 0 Å². The highest BCUT2D eigenvalue weighted by Gasteiger charge is 2.15. The number of pyridine rings is 1. The average molecular weight is 299 g/mol. The molecule has 1 aromatic rings. The fraction of sp³-hybridized carbons (Fsp3) is 0.571. The number of nitrogen functional groups attached to an aromatic ring is 1. The van der Waals surface area contributed by atoms with Crippen LogP contribution in [-0.2, 0) is 0 Å². The number of hydrogen-bond acceptors (Lipinski definition) is 4. The predicted octanol–water partition coefficient (Wildman–Crippen LogP) is 2.17. The molecule has 20 heavy (non-hydrogen) atoms. The van der Waals surface area contributed by atoms with Crippen molar-refractivity contribution in [2.75, 3.05) is 18.8 Å². The number of nitrogens with zero attached hydrogens (tertiary/aromatic N) is 2. The molecular formula is C14H23ClN4O. The van der Waals surface area contributed by atoms with Crippen molar-refractivity contribution < 1.29 is 4.79 Å². The van der Waals surface area contributed by atoms with Gasteiger partial charge in [-0.3, -0.25) is 9.69 Å². The van der Waals surface area contributed by atoms with Gasteiger partial charge in [0.15, 0.2) is 0 Å². The standard InChI is InChI=1S/C14H23ClN4O/c1-9(2)19(10(3)4)6-5-17-14(20)11-7-13(16)18-8-12(11)15/h7-10H,5-6H2,1-4H3,(H2,16,18)(H,17,20). The van der Waals surface area contributed by atoms with Crippen LogP contribution < -0.4 is 11.1 Å². The minimum atomic E-state index is -0.225. The lowest BCUT2D eigenvalue weighted by Gasteiger charge is -2.30. The van der Waals surface area contributed by atoms with E-state index < -0.39 is 0 Å². The van der Waals surface area contributed by atoms with Gasteiger partial charge in [0, 0.05) is 31.4 Å². The number of hydrogen-bond donors (Lipinski definition) is 2. The van der Waals surface area contributed by atoms with Gasteiger partial charge in [0.1, 0.15) is 5.82 Å². The van der Waals surface area contributed by atoms with Crippen LogP contribution in [0, 0.1) is 0 Å². The summed E-state index contributed by atoms with van der Waals surface area (Å²) in [7, 11) is 0. The Labute approximate surface area is 125 Å². The van der Waals surface area contributed by atoms with Crippen molar-refractivity contribution in [2.45, 2.75) is 39.8 Å². The summed E-state index contributed by atoms with van der Waals surface area (Å²) in [4.78, 5) is 18.2. The molecule has 1 aromatic heterocycles. The number of nitrogens with two attached hydrogens (primary N) is 1. The lowest BCUT2D eigenvalue weighted by molar-refractivity contribution is 0.0939. The molecule has 0 unspecified atom stereocenters. The molecule has 0 aliphatic rings. The van der Waals surface area contributed by atoms with Crippen LogP contribution in [0.5, 0.6) is 0 Å². The molecule has 1 amide bonds. The molecule has 0 spiro atoms. The number of halogens is 1. The van der Waals surface area contributed by atoms with E-state index in [9.17, 15) is 4.79 Å². The zero-order chi connectivity index (χ0) is 15.3. The van der Waals surface area contributed by atoms with Crippen LogP contribution in [0.15, 0.2) is 12.3 Å². The van der Waals surface area contributed by atoms with Gasteiger partial charge in [-0.15, -0.1) is 0 Å². The molecule has 0 bridgehead atoms. The molecule has 0 saturated heterocycles. The van der Waals surface area contributed by atoms with Crippen molar-refractivity contribution in [3.63, 3.8) is 0 Å². The molecule has 1 heterocycles. The molecule has 6 heteroatoms. The Bertz CT molecular complexity index is 454. The van der Waals surface area contributed by atoms with E-state index in [0.29, 0.717) is 29.2 Å². The first-order valence-corrected chi connectivity index (χ1v) is 7.15. The molecule has 1 rings (SSSR count). The number of carbonyl (C=O) groups excluding carboxylic acids is 1. The van der Waals surface area contributed by atoms with Crippen LogP contribution in [0.1, 0.15) is 38.1 Å². The largest absolute Gasteiger partial charge is 0.384 e. The topological polar surface area (TPSA) is 71.2 Å². The number of nitrogens with one attached hydrogen (secondary N) is 1. The summed E-state index contributed by atoms with van der Waals surface area (Å²) < 4.78 is 0. The smallest absolute Gasteiger partial charge is 0.253 e. The molecule has 0 aromatic carbocycles. The zero-order valence-electron chi connectivity index (χ0n) is 12.5. The normalized spacial score (nSPS) is 11.4. The first-order valence-electron chi connectivity index (χ1n) is 6.78. The fourth-order valence-electron chi connectivity index (χ4n) is 2.14. The van der Waals surface area contributed by atoms with Gasteiger partial charge >= 0.3 is 0 Å². The number of aromatic nitrogens is 1. The summed E-state index contributed by atoms with van der Waals surface area (Å²) in [5, 5.41) is 3.17. The Balaban J connectivity index is 2.57. The minimum Gasteiger partial charge on any atom is -0.384 e. The van der Waals surface area contributed by atoms with Crippen LogP contribution in [0.4, 0.5) is 5.82 Å². The van der Waals surface area contributed by atoms with Crippen molar-refractivity contribution in [3.05, 3.63) is 22.8 Å². The lowest BCUT2D eigenvalue weighted by atomic mass is 10.2. The summed E-state index contributed by atoms with van der Waals surface area (Å²) in [6.45, 7) is 9.92. The van der Waals surface area contributed by atoms with Gasteiger partial charge < -0.3 is 11.1 Å². The SMILES string of the molecule is CC(C)N(CCNC(=O)c1cc(N)ncc1Cl)C(C)C. The number of amides is 1. The maximum atomic E-state index is 12.0. The van der Waals surface area contributed by atoms with Crippen molar-refractivity contribution in [1.82, 2.24) is 15.2 Å². The molecular weight excluding hydrogens is 276 g/mol. The van der Waals surface area contributed by atoms with Crippen molar-refractivity contribution in [2.24, 2.45) is 0 Å². The summed E-state index contributed by atoms with van der Waals surface area (Å²) in [6.07, 6.45) is 1.39. The minimum absolute atomic E-state index is 0.225. The third-order valence-electron chi connectivity index (χ3n) is 3.10. The van der Waals surface area contributed by atoms with Gasteiger partial charge in [0.2, 0.25) is 0 Å². The second-order valence-corrected chi connectivity index (χ2v) is 5.68. The monoisotopic (exact) mass is 298 g/mol. The molecule has 0 aliphatic carbocycles. The highest BCUT2D eigenvalue weighted by molar-refractivity contribution is 6.33. The van der Waals surface area contributed by atoms with E-state index in [1.54, 1.807) is 0 Å². The second-order valence-electron chi connectivity index (χ2n) is 5.27. The van der Waals surface area contributed by atoms with Gasteiger partial charge in [-0.05, 0) is 33.8 Å². The Morgan fingerprint density at radius 2 is 2.00 bits per heavy atom. The Hall–Kier alpha value is -1.33. The third kappa shape index (κ3) is 4.65. The molecule has 112 valence electrons. The van der Waals surface area contributed by atoms with Crippen molar-refractivity contribution >= 4 is 23.3 Å². The molecule has 0 saturated carbocycles. The predicted molar refractivity (Wildman–Crippen MR) is 83.0 cm³/mol. The number of carbonyl (C=O) groups is 1. The van der Waals surface area contributed by atoms with Crippen LogP contribution in [0.25, 0.3) is 0 Å². The molecule has 5 nitrogen and oxygen atoms in total. The van der Waals surface area contributed by atoms with Gasteiger partial charge in [-0.1, -0.05) is 11.6 Å². The second kappa shape index (κ2) is 7.45. The summed E-state index contributed by atoms with van der Waals surface area (Å²) in [5.41, 5.74) is 5.92. The highest BCUT2D eigenvalue weighted by atomic mass is 35.5. The fourth-order valence-corrected chi connectivity index (χ4v) is 2.32. The third-order valence-corrected chi connectivity index (χ3v) is 3.40. The Morgan fingerprint density at radius 1 is 1.40 bits per heavy atom. The van der Waals surface area contributed by atoms with Gasteiger partial charge in [0.05, 0.1) is 10.6 Å². The average Bonchev–Trinajstić information content (AvgIpc) is 2.36. The van der Waals surface area contributed by atoms with Crippen LogP contribution in [-0.4, -0.2) is 41.0 Å². The van der Waals surface area contributed by atoms with Gasteiger partial charge in [-0.2, -0.15) is 0 Å².